The third-order valence-electron chi connectivity index (χ3n) is 1.04. The molecule has 0 aromatic heterocycles. The fraction of sp³-hybridized carbons (Fsp3) is 1.00. The van der Waals surface area contributed by atoms with Crippen molar-refractivity contribution < 1.29 is 0 Å². The average Bonchev–Trinajstić information content (AvgIpc) is 1.83. The minimum Gasteiger partial charge on any atom is -0.122 e. The molecule has 0 bridgehead atoms. The summed E-state index contributed by atoms with van der Waals surface area (Å²) in [5.41, 5.74) is 0. The van der Waals surface area contributed by atoms with E-state index in [-0.39, 0.29) is 0 Å². The summed E-state index contributed by atoms with van der Waals surface area (Å²) in [6, 6.07) is 0. The molecule has 0 spiro atoms. The normalized spacial score (nSPS) is 13.9. The topological polar surface area (TPSA) is 0 Å². The summed E-state index contributed by atoms with van der Waals surface area (Å²) in [6.45, 7) is 2.18. The number of alkyl halides is 2. The zero-order chi connectivity index (χ0) is 6.41. The van der Waals surface area contributed by atoms with Gasteiger partial charge in [0, 0.05) is 10.7 Å². The molecule has 0 amide bonds. The maximum absolute atomic E-state index is 5.80. The standard InChI is InChI=1S/C6H12BrCl/c1-2-3-4-6(8)5-7/h6H,2-5H2,1H3. The summed E-state index contributed by atoms with van der Waals surface area (Å²) in [4.78, 5) is 0. The molecule has 0 aliphatic heterocycles. The summed E-state index contributed by atoms with van der Waals surface area (Å²) in [5, 5.41) is 1.27. The molecule has 0 rings (SSSR count). The van der Waals surface area contributed by atoms with Crippen molar-refractivity contribution in [1.82, 2.24) is 0 Å². The Morgan fingerprint density at radius 2 is 2.25 bits per heavy atom. The van der Waals surface area contributed by atoms with Crippen molar-refractivity contribution in [1.29, 1.82) is 0 Å². The number of unbranched alkanes of at least 4 members (excludes halogenated alkanes) is 1. The highest BCUT2D eigenvalue weighted by molar-refractivity contribution is 9.09. The van der Waals surface area contributed by atoms with E-state index in [1.165, 1.54) is 12.8 Å². The lowest BCUT2D eigenvalue weighted by Crippen LogP contribution is -1.97. The van der Waals surface area contributed by atoms with Crippen LogP contribution >= 0.6 is 27.5 Å². The lowest BCUT2D eigenvalue weighted by Gasteiger charge is -2.00. The van der Waals surface area contributed by atoms with Crippen molar-refractivity contribution in [3.8, 4) is 0 Å². The predicted octanol–water partition coefficient (Wildman–Crippen LogP) is 3.18. The Hall–Kier alpha value is 0.770. The first-order valence-electron chi connectivity index (χ1n) is 3.01. The van der Waals surface area contributed by atoms with Crippen molar-refractivity contribution in [2.24, 2.45) is 0 Å². The highest BCUT2D eigenvalue weighted by atomic mass is 79.9. The lowest BCUT2D eigenvalue weighted by atomic mass is 10.2. The van der Waals surface area contributed by atoms with Gasteiger partial charge in [-0.05, 0) is 6.42 Å². The highest BCUT2D eigenvalue weighted by Gasteiger charge is 1.98. The SMILES string of the molecule is CCCCC(Cl)CBr. The van der Waals surface area contributed by atoms with E-state index in [1.54, 1.807) is 0 Å². The Labute approximate surface area is 64.7 Å². The molecule has 50 valence electrons. The Kier molecular flexibility index (Phi) is 6.47. The first-order valence-corrected chi connectivity index (χ1v) is 4.57. The van der Waals surface area contributed by atoms with Crippen LogP contribution in [-0.2, 0) is 0 Å². The van der Waals surface area contributed by atoms with Gasteiger partial charge < -0.3 is 0 Å². The second-order valence-corrected chi connectivity index (χ2v) is 3.16. The van der Waals surface area contributed by atoms with Crippen LogP contribution < -0.4 is 0 Å². The second-order valence-electron chi connectivity index (χ2n) is 1.89. The number of hydrogen-bond acceptors (Lipinski definition) is 0. The van der Waals surface area contributed by atoms with Crippen molar-refractivity contribution in [2.45, 2.75) is 31.6 Å². The van der Waals surface area contributed by atoms with Crippen LogP contribution in [0.4, 0.5) is 0 Å². The van der Waals surface area contributed by atoms with E-state index < -0.39 is 0 Å². The summed E-state index contributed by atoms with van der Waals surface area (Å²) in [5.74, 6) is 0. The molecule has 0 nitrogen and oxygen atoms in total. The largest absolute Gasteiger partial charge is 0.122 e. The smallest absolute Gasteiger partial charge is 0.0432 e. The minimum atomic E-state index is 0.343. The van der Waals surface area contributed by atoms with Crippen LogP contribution in [0.25, 0.3) is 0 Å². The fourth-order valence-corrected chi connectivity index (χ4v) is 0.981. The van der Waals surface area contributed by atoms with Gasteiger partial charge >= 0.3 is 0 Å². The molecule has 0 N–H and O–H groups in total. The molecule has 0 heterocycles. The van der Waals surface area contributed by atoms with Gasteiger partial charge in [-0.25, -0.2) is 0 Å². The van der Waals surface area contributed by atoms with E-state index in [1.807, 2.05) is 0 Å². The van der Waals surface area contributed by atoms with Crippen molar-refractivity contribution >= 4 is 27.5 Å². The van der Waals surface area contributed by atoms with Crippen LogP contribution in [0.1, 0.15) is 26.2 Å². The molecule has 0 aliphatic rings. The predicted molar refractivity (Wildman–Crippen MR) is 43.0 cm³/mol. The summed E-state index contributed by atoms with van der Waals surface area (Å²) in [6.07, 6.45) is 3.64. The van der Waals surface area contributed by atoms with Gasteiger partial charge in [0.1, 0.15) is 0 Å². The van der Waals surface area contributed by atoms with Gasteiger partial charge in [0.25, 0.3) is 0 Å². The quantitative estimate of drug-likeness (QED) is 0.610. The molecule has 0 aromatic carbocycles. The lowest BCUT2D eigenvalue weighted by molar-refractivity contribution is 0.714. The average molecular weight is 200 g/mol. The number of halogens is 2. The fourth-order valence-electron chi connectivity index (χ4n) is 0.503. The van der Waals surface area contributed by atoms with E-state index in [2.05, 4.69) is 22.9 Å². The third kappa shape index (κ3) is 4.92. The summed E-state index contributed by atoms with van der Waals surface area (Å²) < 4.78 is 0. The minimum absolute atomic E-state index is 0.343. The maximum atomic E-state index is 5.80. The van der Waals surface area contributed by atoms with Crippen LogP contribution in [0.15, 0.2) is 0 Å². The molecular formula is C6H12BrCl. The van der Waals surface area contributed by atoms with E-state index in [9.17, 15) is 0 Å². The summed E-state index contributed by atoms with van der Waals surface area (Å²) in [7, 11) is 0. The summed E-state index contributed by atoms with van der Waals surface area (Å²) >= 11 is 9.11. The Balaban J connectivity index is 2.86. The molecule has 0 aromatic rings. The van der Waals surface area contributed by atoms with E-state index >= 15 is 0 Å². The number of hydrogen-bond donors (Lipinski definition) is 0. The van der Waals surface area contributed by atoms with Crippen molar-refractivity contribution in [2.75, 3.05) is 5.33 Å². The zero-order valence-electron chi connectivity index (χ0n) is 5.16. The van der Waals surface area contributed by atoms with Crippen molar-refractivity contribution in [3.63, 3.8) is 0 Å². The van der Waals surface area contributed by atoms with Crippen LogP contribution in [0.3, 0.4) is 0 Å². The van der Waals surface area contributed by atoms with E-state index in [4.69, 9.17) is 11.6 Å². The van der Waals surface area contributed by atoms with Crippen LogP contribution in [0, 0.1) is 0 Å². The van der Waals surface area contributed by atoms with Gasteiger partial charge in [0.05, 0.1) is 0 Å². The van der Waals surface area contributed by atoms with Crippen molar-refractivity contribution in [3.05, 3.63) is 0 Å². The molecule has 1 atom stereocenters. The highest BCUT2D eigenvalue weighted by Crippen LogP contribution is 2.08. The van der Waals surface area contributed by atoms with Gasteiger partial charge in [-0.15, -0.1) is 11.6 Å². The van der Waals surface area contributed by atoms with Gasteiger partial charge in [-0.2, -0.15) is 0 Å². The van der Waals surface area contributed by atoms with Crippen LogP contribution in [0.2, 0.25) is 0 Å². The van der Waals surface area contributed by atoms with Gasteiger partial charge in [0.2, 0.25) is 0 Å². The Morgan fingerprint density at radius 3 is 2.62 bits per heavy atom. The first kappa shape index (κ1) is 8.77. The molecule has 1 unspecified atom stereocenters. The van der Waals surface area contributed by atoms with Gasteiger partial charge in [-0.1, -0.05) is 35.7 Å². The molecule has 0 aliphatic carbocycles. The van der Waals surface area contributed by atoms with Crippen LogP contribution in [-0.4, -0.2) is 10.7 Å². The molecule has 2 heteroatoms. The van der Waals surface area contributed by atoms with E-state index in [0.717, 1.165) is 11.8 Å². The van der Waals surface area contributed by atoms with Gasteiger partial charge in [-0.3, -0.25) is 0 Å². The molecule has 0 fully saturated rings. The molecule has 0 saturated heterocycles. The molecular weight excluding hydrogens is 187 g/mol. The Bertz CT molecular complexity index is 47.8. The van der Waals surface area contributed by atoms with Gasteiger partial charge in [0.15, 0.2) is 0 Å². The zero-order valence-corrected chi connectivity index (χ0v) is 7.50. The molecule has 0 saturated carbocycles. The monoisotopic (exact) mass is 198 g/mol. The Morgan fingerprint density at radius 1 is 1.62 bits per heavy atom. The number of rotatable bonds is 4. The second kappa shape index (κ2) is 5.90. The first-order chi connectivity index (χ1) is 3.81. The molecule has 8 heavy (non-hydrogen) atoms. The molecule has 0 radical (unpaired) electrons. The van der Waals surface area contributed by atoms with Crippen LogP contribution in [0.5, 0.6) is 0 Å². The third-order valence-corrected chi connectivity index (χ3v) is 2.57. The maximum Gasteiger partial charge on any atom is 0.0432 e. The van der Waals surface area contributed by atoms with E-state index in [0.29, 0.717) is 5.38 Å².